The number of amides is 2. The summed E-state index contributed by atoms with van der Waals surface area (Å²) in [5, 5.41) is 3.00. The van der Waals surface area contributed by atoms with Crippen LogP contribution in [-0.2, 0) is 11.3 Å². The Balaban J connectivity index is 1.81. The van der Waals surface area contributed by atoms with Crippen LogP contribution in [0.4, 0.5) is 10.5 Å². The third-order valence-electron chi connectivity index (χ3n) is 3.96. The van der Waals surface area contributed by atoms with Gasteiger partial charge in [-0.15, -0.1) is 0 Å². The van der Waals surface area contributed by atoms with Crippen molar-refractivity contribution in [2.24, 2.45) is 0 Å². The molecule has 1 saturated heterocycles. The Morgan fingerprint density at radius 3 is 2.73 bits per heavy atom. The number of carbonyl (C=O) groups is 1. The molecular weight excluding hydrogens is 278 g/mol. The fourth-order valence-electron chi connectivity index (χ4n) is 2.70. The Morgan fingerprint density at radius 2 is 2.09 bits per heavy atom. The molecule has 1 heterocycles. The van der Waals surface area contributed by atoms with Gasteiger partial charge in [0.25, 0.3) is 0 Å². The third-order valence-corrected chi connectivity index (χ3v) is 3.96. The van der Waals surface area contributed by atoms with E-state index >= 15 is 0 Å². The lowest BCUT2D eigenvalue weighted by Crippen LogP contribution is -2.47. The number of nitrogens with one attached hydrogen (secondary N) is 1. The van der Waals surface area contributed by atoms with Crippen molar-refractivity contribution in [3.05, 3.63) is 29.8 Å². The molecular formula is C17H27N3O2. The summed E-state index contributed by atoms with van der Waals surface area (Å²) in [6, 6.07) is 8.23. The lowest BCUT2D eigenvalue weighted by Gasteiger charge is -2.32. The number of benzene rings is 1. The molecule has 1 unspecified atom stereocenters. The maximum Gasteiger partial charge on any atom is 0.317 e. The molecule has 1 N–H and O–H groups in total. The zero-order valence-electron chi connectivity index (χ0n) is 13.8. The van der Waals surface area contributed by atoms with E-state index < -0.39 is 0 Å². The van der Waals surface area contributed by atoms with E-state index in [-0.39, 0.29) is 12.1 Å². The standard InChI is InChI=1S/C17H27N3O2/c1-4-22-16-6-5-11-20(13-16)17(21)18-12-14-7-9-15(10-8-14)19(2)3/h7-10,16H,4-6,11-13H2,1-3H3,(H,18,21). The van der Waals surface area contributed by atoms with Crippen molar-refractivity contribution in [2.45, 2.75) is 32.4 Å². The molecule has 0 aromatic heterocycles. The summed E-state index contributed by atoms with van der Waals surface area (Å²) in [5.41, 5.74) is 2.27. The van der Waals surface area contributed by atoms with Gasteiger partial charge in [-0.3, -0.25) is 0 Å². The summed E-state index contributed by atoms with van der Waals surface area (Å²) in [4.78, 5) is 16.2. The van der Waals surface area contributed by atoms with E-state index in [1.165, 1.54) is 0 Å². The summed E-state index contributed by atoms with van der Waals surface area (Å²) < 4.78 is 5.64. The van der Waals surface area contributed by atoms with E-state index in [0.29, 0.717) is 19.7 Å². The first-order chi connectivity index (χ1) is 10.6. The van der Waals surface area contributed by atoms with Crippen molar-refractivity contribution in [3.8, 4) is 0 Å². The second-order valence-electron chi connectivity index (χ2n) is 5.89. The number of urea groups is 1. The van der Waals surface area contributed by atoms with Crippen LogP contribution in [0.25, 0.3) is 0 Å². The van der Waals surface area contributed by atoms with Gasteiger partial charge in [-0.1, -0.05) is 12.1 Å². The summed E-state index contributed by atoms with van der Waals surface area (Å²) >= 11 is 0. The molecule has 0 spiro atoms. The first-order valence-corrected chi connectivity index (χ1v) is 8.00. The average molecular weight is 305 g/mol. The number of carbonyl (C=O) groups excluding carboxylic acids is 1. The fourth-order valence-corrected chi connectivity index (χ4v) is 2.70. The third kappa shape index (κ3) is 4.63. The quantitative estimate of drug-likeness (QED) is 0.909. The van der Waals surface area contributed by atoms with Crippen LogP contribution in [-0.4, -0.2) is 50.8 Å². The number of nitrogens with zero attached hydrogens (tertiary/aromatic N) is 2. The van der Waals surface area contributed by atoms with Crippen LogP contribution < -0.4 is 10.2 Å². The van der Waals surface area contributed by atoms with Crippen LogP contribution >= 0.6 is 0 Å². The highest BCUT2D eigenvalue weighted by atomic mass is 16.5. The zero-order valence-corrected chi connectivity index (χ0v) is 13.8. The Hall–Kier alpha value is -1.75. The summed E-state index contributed by atoms with van der Waals surface area (Å²) in [6.07, 6.45) is 2.24. The predicted octanol–water partition coefficient (Wildman–Crippen LogP) is 2.46. The molecule has 1 aliphatic rings. The second-order valence-corrected chi connectivity index (χ2v) is 5.89. The van der Waals surface area contributed by atoms with Crippen LogP contribution in [0.5, 0.6) is 0 Å². The van der Waals surface area contributed by atoms with E-state index in [1.54, 1.807) is 0 Å². The van der Waals surface area contributed by atoms with Crippen LogP contribution in [0.1, 0.15) is 25.3 Å². The predicted molar refractivity (Wildman–Crippen MR) is 89.2 cm³/mol. The van der Waals surface area contributed by atoms with Gasteiger partial charge >= 0.3 is 6.03 Å². The highest BCUT2D eigenvalue weighted by molar-refractivity contribution is 5.74. The van der Waals surface area contributed by atoms with Crippen LogP contribution in [0.2, 0.25) is 0 Å². The fraction of sp³-hybridized carbons (Fsp3) is 0.588. The molecule has 122 valence electrons. The summed E-state index contributed by atoms with van der Waals surface area (Å²) in [6.45, 7) is 4.77. The van der Waals surface area contributed by atoms with Crippen molar-refractivity contribution in [2.75, 3.05) is 38.7 Å². The summed E-state index contributed by atoms with van der Waals surface area (Å²) in [7, 11) is 4.03. The lowest BCUT2D eigenvalue weighted by atomic mass is 10.1. The van der Waals surface area contributed by atoms with Gasteiger partial charge in [0.2, 0.25) is 0 Å². The average Bonchev–Trinajstić information content (AvgIpc) is 2.53. The van der Waals surface area contributed by atoms with Gasteiger partial charge < -0.3 is 19.9 Å². The number of hydrogen-bond acceptors (Lipinski definition) is 3. The molecule has 0 bridgehead atoms. The monoisotopic (exact) mass is 305 g/mol. The van der Waals surface area contributed by atoms with E-state index in [0.717, 1.165) is 30.6 Å². The SMILES string of the molecule is CCOC1CCCN(C(=O)NCc2ccc(N(C)C)cc2)C1. The molecule has 1 fully saturated rings. The number of hydrogen-bond donors (Lipinski definition) is 1. The Kier molecular flexibility index (Phi) is 6.07. The molecule has 5 nitrogen and oxygen atoms in total. The number of anilines is 1. The van der Waals surface area contributed by atoms with Gasteiger partial charge in [0.15, 0.2) is 0 Å². The van der Waals surface area contributed by atoms with Gasteiger partial charge in [0.05, 0.1) is 6.10 Å². The zero-order chi connectivity index (χ0) is 15.9. The van der Waals surface area contributed by atoms with Crippen molar-refractivity contribution < 1.29 is 9.53 Å². The Bertz CT molecular complexity index is 471. The van der Waals surface area contributed by atoms with Crippen LogP contribution in [0, 0.1) is 0 Å². The molecule has 0 saturated carbocycles. The number of rotatable bonds is 5. The van der Waals surface area contributed by atoms with Gasteiger partial charge in [0.1, 0.15) is 0 Å². The minimum absolute atomic E-state index is 0.00101. The van der Waals surface area contributed by atoms with Crippen molar-refractivity contribution >= 4 is 11.7 Å². The molecule has 1 aromatic rings. The van der Waals surface area contributed by atoms with Crippen molar-refractivity contribution in [1.82, 2.24) is 10.2 Å². The number of likely N-dealkylation sites (tertiary alicyclic amines) is 1. The van der Waals surface area contributed by atoms with E-state index in [4.69, 9.17) is 4.74 Å². The van der Waals surface area contributed by atoms with E-state index in [2.05, 4.69) is 34.5 Å². The Labute approximate surface area is 133 Å². The molecule has 2 rings (SSSR count). The second kappa shape index (κ2) is 8.03. The Morgan fingerprint density at radius 1 is 1.36 bits per heavy atom. The van der Waals surface area contributed by atoms with Gasteiger partial charge in [-0.05, 0) is 37.5 Å². The molecule has 1 aromatic carbocycles. The molecule has 22 heavy (non-hydrogen) atoms. The smallest absolute Gasteiger partial charge is 0.317 e. The highest BCUT2D eigenvalue weighted by Gasteiger charge is 2.23. The first-order valence-electron chi connectivity index (χ1n) is 8.00. The minimum atomic E-state index is 0.00101. The molecule has 1 atom stereocenters. The largest absolute Gasteiger partial charge is 0.378 e. The van der Waals surface area contributed by atoms with E-state index in [9.17, 15) is 4.79 Å². The lowest BCUT2D eigenvalue weighted by molar-refractivity contribution is 0.0164. The molecule has 0 radical (unpaired) electrons. The minimum Gasteiger partial charge on any atom is -0.378 e. The maximum absolute atomic E-state index is 12.2. The maximum atomic E-state index is 12.2. The van der Waals surface area contributed by atoms with Crippen LogP contribution in [0.3, 0.4) is 0 Å². The number of piperidine rings is 1. The molecule has 1 aliphatic heterocycles. The molecule has 2 amide bonds. The first kappa shape index (κ1) is 16.6. The topological polar surface area (TPSA) is 44.8 Å². The van der Waals surface area contributed by atoms with Gasteiger partial charge in [-0.25, -0.2) is 4.79 Å². The van der Waals surface area contributed by atoms with Gasteiger partial charge in [-0.2, -0.15) is 0 Å². The van der Waals surface area contributed by atoms with Crippen molar-refractivity contribution in [1.29, 1.82) is 0 Å². The van der Waals surface area contributed by atoms with Crippen molar-refractivity contribution in [3.63, 3.8) is 0 Å². The molecule has 5 heteroatoms. The summed E-state index contributed by atoms with van der Waals surface area (Å²) in [5.74, 6) is 0. The van der Waals surface area contributed by atoms with E-state index in [1.807, 2.05) is 25.9 Å². The van der Waals surface area contributed by atoms with Gasteiger partial charge in [0, 0.05) is 46.0 Å². The highest BCUT2D eigenvalue weighted by Crippen LogP contribution is 2.14. The van der Waals surface area contributed by atoms with Crippen LogP contribution in [0.15, 0.2) is 24.3 Å². The normalized spacial score (nSPS) is 18.1. The number of ether oxygens (including phenoxy) is 1. The molecule has 0 aliphatic carbocycles.